The van der Waals surface area contributed by atoms with E-state index in [-0.39, 0.29) is 11.8 Å². The molecular formula is C17H22N7O3P. The molecule has 0 radical (unpaired) electrons. The van der Waals surface area contributed by atoms with Crippen LogP contribution in [0.2, 0.25) is 0 Å². The highest BCUT2D eigenvalue weighted by Crippen LogP contribution is 2.46. The number of benzene rings is 1. The molecule has 0 amide bonds. The third-order valence-electron chi connectivity index (χ3n) is 3.76. The number of nitrogens with one attached hydrogen (secondary N) is 1. The highest BCUT2D eigenvalue weighted by atomic mass is 31.2. The van der Waals surface area contributed by atoms with Crippen molar-refractivity contribution in [1.82, 2.24) is 19.9 Å². The Bertz CT molecular complexity index is 1000. The lowest BCUT2D eigenvalue weighted by atomic mass is 10.3. The molecule has 1 aromatic carbocycles. The number of nitrogen functional groups attached to an aromatic ring is 2. The van der Waals surface area contributed by atoms with E-state index in [1.807, 2.05) is 0 Å². The highest BCUT2D eigenvalue weighted by molar-refractivity contribution is 7.62. The van der Waals surface area contributed by atoms with E-state index in [9.17, 15) is 4.57 Å². The van der Waals surface area contributed by atoms with Gasteiger partial charge >= 0.3 is 7.60 Å². The fourth-order valence-corrected chi connectivity index (χ4v) is 4.12. The van der Waals surface area contributed by atoms with Crippen LogP contribution < -0.4 is 22.1 Å². The molecule has 28 heavy (non-hydrogen) atoms. The minimum Gasteiger partial charge on any atom is -0.382 e. The molecule has 148 valence electrons. The first-order chi connectivity index (χ1) is 13.4. The van der Waals surface area contributed by atoms with Crippen molar-refractivity contribution in [1.29, 1.82) is 0 Å². The monoisotopic (exact) mass is 403 g/mol. The van der Waals surface area contributed by atoms with Gasteiger partial charge < -0.3 is 25.8 Å². The van der Waals surface area contributed by atoms with E-state index in [0.29, 0.717) is 41.9 Å². The van der Waals surface area contributed by atoms with E-state index in [1.165, 1.54) is 0 Å². The van der Waals surface area contributed by atoms with Gasteiger partial charge in [-0.2, -0.15) is 9.97 Å². The number of fused-ring (bicyclic) bond motifs is 1. The van der Waals surface area contributed by atoms with Gasteiger partial charge in [-0.25, -0.2) is 9.97 Å². The van der Waals surface area contributed by atoms with Gasteiger partial charge in [0, 0.05) is 5.69 Å². The molecule has 3 aromatic rings. The Morgan fingerprint density at radius 1 is 1.04 bits per heavy atom. The zero-order chi connectivity index (χ0) is 20.1. The van der Waals surface area contributed by atoms with E-state index < -0.39 is 7.60 Å². The van der Waals surface area contributed by atoms with Crippen LogP contribution >= 0.6 is 7.60 Å². The largest absolute Gasteiger partial charge is 0.382 e. The lowest BCUT2D eigenvalue weighted by Crippen LogP contribution is -2.11. The molecule has 3 rings (SSSR count). The minimum absolute atomic E-state index is 0.0571. The quantitative estimate of drug-likeness (QED) is 0.477. The van der Waals surface area contributed by atoms with Crippen LogP contribution in [0.5, 0.6) is 0 Å². The number of nitrogens with zero attached hydrogens (tertiary/aromatic N) is 4. The summed E-state index contributed by atoms with van der Waals surface area (Å²) in [6.07, 6.45) is 1.59. The maximum Gasteiger partial charge on any atom is 0.361 e. The minimum atomic E-state index is -3.29. The molecule has 5 N–H and O–H groups in total. The summed E-state index contributed by atoms with van der Waals surface area (Å²) >= 11 is 0. The van der Waals surface area contributed by atoms with E-state index in [2.05, 4.69) is 25.3 Å². The average Bonchev–Trinajstić information content (AvgIpc) is 2.67. The van der Waals surface area contributed by atoms with Gasteiger partial charge in [0.05, 0.1) is 37.0 Å². The summed E-state index contributed by atoms with van der Waals surface area (Å²) in [5, 5.41) is 3.73. The van der Waals surface area contributed by atoms with Crippen LogP contribution in [0.3, 0.4) is 0 Å². The Morgan fingerprint density at radius 2 is 1.71 bits per heavy atom. The summed E-state index contributed by atoms with van der Waals surface area (Å²) in [5.41, 5.74) is 13.6. The Balaban J connectivity index is 1.73. The van der Waals surface area contributed by atoms with Crippen molar-refractivity contribution in [2.75, 3.05) is 30.0 Å². The van der Waals surface area contributed by atoms with Gasteiger partial charge in [-0.1, -0.05) is 0 Å². The predicted molar refractivity (Wildman–Crippen MR) is 108 cm³/mol. The first-order valence-electron chi connectivity index (χ1n) is 8.73. The summed E-state index contributed by atoms with van der Waals surface area (Å²) in [7, 11) is -3.29. The standard InChI is InChI=1S/C17H22N7O3P/c1-3-26-28(25,27-4-2)13-7-5-11(6-8-13)20-9-12-10-21-16-14(22-12)15(18)23-17(19)24-16/h5-8,10,20H,3-4,9H2,1-2H3,(H4,18,19,21,23,24). The summed E-state index contributed by atoms with van der Waals surface area (Å²) in [6.45, 7) is 4.56. The molecule has 0 unspecified atom stereocenters. The zero-order valence-corrected chi connectivity index (χ0v) is 16.5. The van der Waals surface area contributed by atoms with Gasteiger partial charge in [0.1, 0.15) is 0 Å². The number of nitrogens with two attached hydrogens (primary N) is 2. The van der Waals surface area contributed by atoms with Gasteiger partial charge in [0.25, 0.3) is 0 Å². The first kappa shape index (κ1) is 19.9. The SMILES string of the molecule is CCOP(=O)(OCC)c1ccc(NCc2cnc3nc(N)nc(N)c3n2)cc1. The molecule has 10 nitrogen and oxygen atoms in total. The average molecular weight is 403 g/mol. The van der Waals surface area contributed by atoms with Crippen molar-refractivity contribution in [2.45, 2.75) is 20.4 Å². The lowest BCUT2D eigenvalue weighted by molar-refractivity contribution is 0.230. The Morgan fingerprint density at radius 3 is 2.36 bits per heavy atom. The number of hydrogen-bond donors (Lipinski definition) is 3. The number of anilines is 3. The zero-order valence-electron chi connectivity index (χ0n) is 15.6. The normalized spacial score (nSPS) is 11.6. The molecule has 2 heterocycles. The van der Waals surface area contributed by atoms with Gasteiger partial charge in [-0.3, -0.25) is 4.57 Å². The highest BCUT2D eigenvalue weighted by Gasteiger charge is 2.26. The van der Waals surface area contributed by atoms with Crippen molar-refractivity contribution < 1.29 is 13.6 Å². The number of rotatable bonds is 8. The van der Waals surface area contributed by atoms with Crippen molar-refractivity contribution in [3.63, 3.8) is 0 Å². The second kappa shape index (κ2) is 8.47. The summed E-state index contributed by atoms with van der Waals surface area (Å²) in [5.74, 6) is 0.241. The number of aromatic nitrogens is 4. The van der Waals surface area contributed by atoms with E-state index in [4.69, 9.17) is 20.5 Å². The second-order valence-electron chi connectivity index (χ2n) is 5.73. The van der Waals surface area contributed by atoms with E-state index in [0.717, 1.165) is 5.69 Å². The Kier molecular flexibility index (Phi) is 6.03. The maximum atomic E-state index is 12.8. The topological polar surface area (TPSA) is 151 Å². The van der Waals surface area contributed by atoms with Gasteiger partial charge in [0.15, 0.2) is 17.0 Å². The molecule has 0 aliphatic heterocycles. The van der Waals surface area contributed by atoms with Crippen molar-refractivity contribution in [2.24, 2.45) is 0 Å². The summed E-state index contributed by atoms with van der Waals surface area (Å²) in [4.78, 5) is 16.5. The summed E-state index contributed by atoms with van der Waals surface area (Å²) in [6, 6.07) is 7.03. The van der Waals surface area contributed by atoms with Gasteiger partial charge in [-0.15, -0.1) is 0 Å². The van der Waals surface area contributed by atoms with Crippen molar-refractivity contribution in [3.05, 3.63) is 36.2 Å². The fourth-order valence-electron chi connectivity index (χ4n) is 2.55. The maximum absolute atomic E-state index is 12.8. The van der Waals surface area contributed by atoms with Crippen LogP contribution in [0.1, 0.15) is 19.5 Å². The van der Waals surface area contributed by atoms with E-state index in [1.54, 1.807) is 44.3 Å². The van der Waals surface area contributed by atoms with Crippen LogP contribution in [0.25, 0.3) is 11.2 Å². The van der Waals surface area contributed by atoms with Crippen LogP contribution in [0.4, 0.5) is 17.5 Å². The molecule has 0 fully saturated rings. The van der Waals surface area contributed by atoms with E-state index >= 15 is 0 Å². The summed E-state index contributed by atoms with van der Waals surface area (Å²) < 4.78 is 23.5. The predicted octanol–water partition coefficient (Wildman–Crippen LogP) is 2.09. The molecule has 0 atom stereocenters. The molecule has 0 saturated heterocycles. The fraction of sp³-hybridized carbons (Fsp3) is 0.294. The molecule has 0 spiro atoms. The van der Waals surface area contributed by atoms with Crippen LogP contribution in [0.15, 0.2) is 30.5 Å². The van der Waals surface area contributed by atoms with Crippen LogP contribution in [-0.4, -0.2) is 33.1 Å². The molecular weight excluding hydrogens is 381 g/mol. The van der Waals surface area contributed by atoms with Gasteiger partial charge in [0.2, 0.25) is 5.95 Å². The van der Waals surface area contributed by atoms with Crippen molar-refractivity contribution >= 4 is 41.5 Å². The molecule has 0 aliphatic rings. The third kappa shape index (κ3) is 4.36. The van der Waals surface area contributed by atoms with Gasteiger partial charge in [-0.05, 0) is 38.1 Å². The molecule has 0 saturated carbocycles. The number of hydrogen-bond acceptors (Lipinski definition) is 10. The van der Waals surface area contributed by atoms with Crippen LogP contribution in [0, 0.1) is 0 Å². The Labute approximate surface area is 162 Å². The smallest absolute Gasteiger partial charge is 0.361 e. The Hall–Kier alpha value is -2.81. The lowest BCUT2D eigenvalue weighted by Gasteiger charge is -2.17. The van der Waals surface area contributed by atoms with Crippen LogP contribution in [-0.2, 0) is 20.2 Å². The third-order valence-corrected chi connectivity index (χ3v) is 5.88. The van der Waals surface area contributed by atoms with Crippen molar-refractivity contribution in [3.8, 4) is 0 Å². The second-order valence-corrected chi connectivity index (χ2v) is 7.76. The molecule has 2 aromatic heterocycles. The molecule has 0 bridgehead atoms. The molecule has 0 aliphatic carbocycles. The molecule has 11 heteroatoms. The first-order valence-corrected chi connectivity index (χ1v) is 10.3.